The van der Waals surface area contributed by atoms with Crippen LogP contribution >= 0.6 is 0 Å². The Morgan fingerprint density at radius 3 is 1.90 bits per heavy atom. The lowest BCUT2D eigenvalue weighted by Gasteiger charge is -2.13. The monoisotopic (exact) mass is 262 g/mol. The average Bonchev–Trinajstić information content (AvgIpc) is 2.49. The van der Waals surface area contributed by atoms with Crippen molar-refractivity contribution in [1.82, 2.24) is 0 Å². The van der Waals surface area contributed by atoms with Gasteiger partial charge in [0.25, 0.3) is 0 Å². The first-order valence-electron chi connectivity index (χ1n) is 7.11. The molecule has 0 aliphatic heterocycles. The summed E-state index contributed by atoms with van der Waals surface area (Å²) in [5.41, 5.74) is 7.10. The Hall–Kier alpha value is -2.15. The van der Waals surface area contributed by atoms with Crippen molar-refractivity contribution in [2.45, 2.75) is 25.7 Å². The third-order valence-corrected chi connectivity index (χ3v) is 4.13. The van der Waals surface area contributed by atoms with Gasteiger partial charge in [0.1, 0.15) is 6.29 Å². The summed E-state index contributed by atoms with van der Waals surface area (Å²) >= 11 is 0. The summed E-state index contributed by atoms with van der Waals surface area (Å²) in [6.07, 6.45) is 6.74. The van der Waals surface area contributed by atoms with Crippen LogP contribution in [0.25, 0.3) is 6.08 Å². The van der Waals surface area contributed by atoms with Crippen LogP contribution in [0.15, 0.2) is 43.0 Å². The molecular formula is C19H18O. The molecule has 2 aromatic carbocycles. The molecular weight excluding hydrogens is 244 g/mol. The van der Waals surface area contributed by atoms with Gasteiger partial charge in [0.15, 0.2) is 0 Å². The van der Waals surface area contributed by atoms with E-state index in [4.69, 9.17) is 0 Å². The van der Waals surface area contributed by atoms with Crippen molar-refractivity contribution >= 4 is 12.4 Å². The molecule has 4 aliphatic rings. The SMILES string of the molecule is C=Cc1cc2ccc1CCc1ccc(cc1C=O)CC2. The molecule has 0 N–H and O–H groups in total. The van der Waals surface area contributed by atoms with Crippen molar-refractivity contribution in [3.63, 3.8) is 0 Å². The second-order valence-corrected chi connectivity index (χ2v) is 5.39. The van der Waals surface area contributed by atoms with Gasteiger partial charge in [0.05, 0.1) is 0 Å². The van der Waals surface area contributed by atoms with Gasteiger partial charge in [-0.3, -0.25) is 4.79 Å². The summed E-state index contributed by atoms with van der Waals surface area (Å²) in [5.74, 6) is 0. The lowest BCUT2D eigenvalue weighted by molar-refractivity contribution is 0.112. The molecule has 100 valence electrons. The molecule has 1 nitrogen and oxygen atoms in total. The molecule has 20 heavy (non-hydrogen) atoms. The number of aryl methyl sites for hydroxylation is 4. The van der Waals surface area contributed by atoms with Gasteiger partial charge < -0.3 is 0 Å². The van der Waals surface area contributed by atoms with Gasteiger partial charge in [-0.2, -0.15) is 0 Å². The van der Waals surface area contributed by atoms with E-state index in [1.54, 1.807) is 0 Å². The molecule has 2 aromatic rings. The highest BCUT2D eigenvalue weighted by molar-refractivity contribution is 5.77. The lowest BCUT2D eigenvalue weighted by Crippen LogP contribution is -2.03. The number of carbonyl (C=O) groups excluding carboxylic acids is 1. The predicted molar refractivity (Wildman–Crippen MR) is 83.2 cm³/mol. The number of hydrogen-bond acceptors (Lipinski definition) is 1. The van der Waals surface area contributed by atoms with Crippen molar-refractivity contribution in [2.75, 3.05) is 0 Å². The van der Waals surface area contributed by atoms with E-state index in [1.165, 1.54) is 22.3 Å². The molecule has 0 saturated carbocycles. The Balaban J connectivity index is 2.06. The summed E-state index contributed by atoms with van der Waals surface area (Å²) in [4.78, 5) is 11.3. The molecule has 0 amide bonds. The summed E-state index contributed by atoms with van der Waals surface area (Å²) in [5, 5.41) is 0. The van der Waals surface area contributed by atoms with Crippen LogP contribution in [0.3, 0.4) is 0 Å². The topological polar surface area (TPSA) is 17.1 Å². The summed E-state index contributed by atoms with van der Waals surface area (Å²) in [6.45, 7) is 3.92. The molecule has 0 fully saturated rings. The van der Waals surface area contributed by atoms with Crippen LogP contribution in [-0.2, 0) is 25.7 Å². The molecule has 0 aromatic heterocycles. The maximum absolute atomic E-state index is 11.3. The molecule has 0 saturated heterocycles. The van der Waals surface area contributed by atoms with Gasteiger partial charge in [-0.25, -0.2) is 0 Å². The summed E-state index contributed by atoms with van der Waals surface area (Å²) in [6, 6.07) is 13.0. The van der Waals surface area contributed by atoms with Crippen molar-refractivity contribution < 1.29 is 4.79 Å². The molecule has 0 atom stereocenters. The first kappa shape index (κ1) is 12.9. The largest absolute Gasteiger partial charge is 0.298 e. The highest BCUT2D eigenvalue weighted by Gasteiger charge is 2.09. The molecule has 4 bridgehead atoms. The third kappa shape index (κ3) is 2.44. The minimum Gasteiger partial charge on any atom is -0.298 e. The van der Waals surface area contributed by atoms with E-state index in [0.717, 1.165) is 43.1 Å². The van der Waals surface area contributed by atoms with E-state index in [9.17, 15) is 4.79 Å². The maximum Gasteiger partial charge on any atom is 0.150 e. The molecule has 4 aliphatic carbocycles. The third-order valence-electron chi connectivity index (χ3n) is 4.13. The van der Waals surface area contributed by atoms with Crippen molar-refractivity contribution in [1.29, 1.82) is 0 Å². The second kappa shape index (κ2) is 5.46. The Morgan fingerprint density at radius 2 is 1.35 bits per heavy atom. The summed E-state index contributed by atoms with van der Waals surface area (Å²) in [7, 11) is 0. The van der Waals surface area contributed by atoms with Crippen LogP contribution in [0.4, 0.5) is 0 Å². The molecule has 1 heteroatoms. The van der Waals surface area contributed by atoms with E-state index in [1.807, 2.05) is 12.1 Å². The first-order chi connectivity index (χ1) is 9.80. The zero-order chi connectivity index (χ0) is 13.9. The smallest absolute Gasteiger partial charge is 0.150 e. The van der Waals surface area contributed by atoms with Crippen LogP contribution < -0.4 is 0 Å². The number of benzene rings is 2. The van der Waals surface area contributed by atoms with Crippen molar-refractivity contribution in [3.8, 4) is 0 Å². The Labute approximate surface area is 120 Å². The van der Waals surface area contributed by atoms with Crippen LogP contribution in [0.1, 0.15) is 38.2 Å². The average molecular weight is 262 g/mol. The van der Waals surface area contributed by atoms with E-state index in [0.29, 0.717) is 0 Å². The van der Waals surface area contributed by atoms with E-state index < -0.39 is 0 Å². The fraction of sp³-hybridized carbons (Fsp3) is 0.211. The van der Waals surface area contributed by atoms with Crippen LogP contribution in [0, 0.1) is 0 Å². The molecule has 6 rings (SSSR count). The van der Waals surface area contributed by atoms with Gasteiger partial charge >= 0.3 is 0 Å². The first-order valence-corrected chi connectivity index (χ1v) is 7.11. The van der Waals surface area contributed by atoms with Gasteiger partial charge in [-0.05, 0) is 59.6 Å². The van der Waals surface area contributed by atoms with E-state index in [2.05, 4.69) is 36.9 Å². The van der Waals surface area contributed by atoms with Gasteiger partial charge in [0.2, 0.25) is 0 Å². The van der Waals surface area contributed by atoms with Gasteiger partial charge in [-0.15, -0.1) is 0 Å². The van der Waals surface area contributed by atoms with Gasteiger partial charge in [0, 0.05) is 5.56 Å². The minimum atomic E-state index is 0.845. The normalized spacial score (nSPS) is 13.6. The fourth-order valence-electron chi connectivity index (χ4n) is 2.91. The van der Waals surface area contributed by atoms with Crippen molar-refractivity contribution in [2.24, 2.45) is 0 Å². The Morgan fingerprint density at radius 1 is 0.800 bits per heavy atom. The Bertz CT molecular complexity index is 608. The summed E-state index contributed by atoms with van der Waals surface area (Å²) < 4.78 is 0. The predicted octanol–water partition coefficient (Wildman–Crippen LogP) is 4.03. The minimum absolute atomic E-state index is 0.845. The molecule has 0 unspecified atom stereocenters. The highest BCUT2D eigenvalue weighted by atomic mass is 16.1. The van der Waals surface area contributed by atoms with E-state index >= 15 is 0 Å². The second-order valence-electron chi connectivity index (χ2n) is 5.39. The number of hydrogen-bond donors (Lipinski definition) is 0. The Kier molecular flexibility index (Phi) is 3.51. The number of carbonyl (C=O) groups is 1. The highest BCUT2D eigenvalue weighted by Crippen LogP contribution is 2.21. The molecule has 0 radical (unpaired) electrons. The standard InChI is InChI=1S/C19H18O/c1-2-16-11-14-3-4-15-6-8-18(19(12-15)13-20)10-9-17(16)7-5-14/h2,5-8,11-13H,1,3-4,9-10H2. The van der Waals surface area contributed by atoms with E-state index in [-0.39, 0.29) is 0 Å². The zero-order valence-electron chi connectivity index (χ0n) is 11.6. The van der Waals surface area contributed by atoms with Crippen LogP contribution in [0.2, 0.25) is 0 Å². The lowest BCUT2D eigenvalue weighted by atomic mass is 9.91. The molecule has 0 heterocycles. The number of aldehydes is 1. The molecule has 0 spiro atoms. The van der Waals surface area contributed by atoms with Gasteiger partial charge in [-0.1, -0.05) is 43.0 Å². The zero-order valence-corrected chi connectivity index (χ0v) is 11.6. The van der Waals surface area contributed by atoms with Crippen LogP contribution in [-0.4, -0.2) is 6.29 Å². The number of rotatable bonds is 2. The maximum atomic E-state index is 11.3. The quantitative estimate of drug-likeness (QED) is 0.747. The van der Waals surface area contributed by atoms with Crippen molar-refractivity contribution in [3.05, 3.63) is 76.4 Å². The fourth-order valence-corrected chi connectivity index (χ4v) is 2.91. The van der Waals surface area contributed by atoms with Crippen LogP contribution in [0.5, 0.6) is 0 Å².